The Hall–Kier alpha value is -2.89. The fraction of sp³-hybridized carbons (Fsp3) is 0.414. The molecule has 2 fully saturated rings. The molecule has 5 nitrogen and oxygen atoms in total. The molecule has 5 rings (SSSR count). The molecule has 1 unspecified atom stereocenters. The molecule has 0 aromatic heterocycles. The Kier molecular flexibility index (Phi) is 6.32. The third-order valence-corrected chi connectivity index (χ3v) is 8.03. The number of methoxy groups -OCH3 is 2. The lowest BCUT2D eigenvalue weighted by Crippen LogP contribution is -2.60. The SMILES string of the molecule is COc1cccc([C@@]23CCN(C)C[C@H]2C(OC)C[C@H](NC(=O)c2ccc4ccccc4c2)C3)c1. The van der Waals surface area contributed by atoms with Crippen molar-refractivity contribution in [1.29, 1.82) is 0 Å². The molecule has 0 spiro atoms. The minimum Gasteiger partial charge on any atom is -0.497 e. The molecule has 3 aromatic carbocycles. The number of fused-ring (bicyclic) bond motifs is 2. The smallest absolute Gasteiger partial charge is 0.251 e. The van der Waals surface area contributed by atoms with Gasteiger partial charge in [0.05, 0.1) is 13.2 Å². The van der Waals surface area contributed by atoms with Crippen LogP contribution < -0.4 is 10.1 Å². The predicted octanol–water partition coefficient (Wildman–Crippen LogP) is 4.65. The van der Waals surface area contributed by atoms with Crippen molar-refractivity contribution in [3.05, 3.63) is 77.9 Å². The van der Waals surface area contributed by atoms with Gasteiger partial charge in [0.2, 0.25) is 0 Å². The summed E-state index contributed by atoms with van der Waals surface area (Å²) in [6, 6.07) is 22.6. The van der Waals surface area contributed by atoms with Gasteiger partial charge in [-0.05, 0) is 73.5 Å². The van der Waals surface area contributed by atoms with Crippen molar-refractivity contribution in [3.8, 4) is 5.75 Å². The number of amides is 1. The van der Waals surface area contributed by atoms with Gasteiger partial charge in [-0.25, -0.2) is 0 Å². The quantitative estimate of drug-likeness (QED) is 0.605. The monoisotopic (exact) mass is 458 g/mol. The molecule has 1 heterocycles. The van der Waals surface area contributed by atoms with Crippen LogP contribution in [0.2, 0.25) is 0 Å². The van der Waals surface area contributed by atoms with Crippen LogP contribution >= 0.6 is 0 Å². The highest BCUT2D eigenvalue weighted by Gasteiger charge is 2.52. The number of piperidine rings is 1. The zero-order chi connectivity index (χ0) is 23.7. The van der Waals surface area contributed by atoms with Crippen LogP contribution in [0.3, 0.4) is 0 Å². The van der Waals surface area contributed by atoms with E-state index in [1.165, 1.54) is 5.56 Å². The van der Waals surface area contributed by atoms with Crippen LogP contribution in [-0.4, -0.2) is 57.3 Å². The Morgan fingerprint density at radius 2 is 1.85 bits per heavy atom. The Balaban J connectivity index is 1.46. The largest absolute Gasteiger partial charge is 0.497 e. The summed E-state index contributed by atoms with van der Waals surface area (Å²) in [5.74, 6) is 1.22. The predicted molar refractivity (Wildman–Crippen MR) is 136 cm³/mol. The van der Waals surface area contributed by atoms with Gasteiger partial charge in [-0.3, -0.25) is 4.79 Å². The number of hydrogen-bond acceptors (Lipinski definition) is 4. The molecule has 1 saturated heterocycles. The molecule has 0 bridgehead atoms. The molecule has 1 aliphatic carbocycles. The number of carbonyl (C=O) groups is 1. The average molecular weight is 459 g/mol. The summed E-state index contributed by atoms with van der Waals surface area (Å²) in [4.78, 5) is 15.7. The van der Waals surface area contributed by atoms with E-state index in [0.29, 0.717) is 11.5 Å². The van der Waals surface area contributed by atoms with Crippen LogP contribution in [0.25, 0.3) is 10.8 Å². The third kappa shape index (κ3) is 4.19. The number of nitrogens with one attached hydrogen (secondary N) is 1. The van der Waals surface area contributed by atoms with Gasteiger partial charge in [-0.2, -0.15) is 0 Å². The third-order valence-electron chi connectivity index (χ3n) is 8.03. The van der Waals surface area contributed by atoms with Crippen LogP contribution in [0.4, 0.5) is 0 Å². The lowest BCUT2D eigenvalue weighted by atomic mass is 9.57. The summed E-state index contributed by atoms with van der Waals surface area (Å²) in [5.41, 5.74) is 1.92. The summed E-state index contributed by atoms with van der Waals surface area (Å²) < 4.78 is 11.6. The van der Waals surface area contributed by atoms with E-state index >= 15 is 0 Å². The molecule has 3 aromatic rings. The molecule has 34 heavy (non-hydrogen) atoms. The first-order valence-electron chi connectivity index (χ1n) is 12.2. The molecule has 1 amide bonds. The van der Waals surface area contributed by atoms with E-state index in [-0.39, 0.29) is 23.5 Å². The number of hydrogen-bond donors (Lipinski definition) is 1. The Morgan fingerprint density at radius 3 is 2.65 bits per heavy atom. The van der Waals surface area contributed by atoms with E-state index in [9.17, 15) is 4.79 Å². The van der Waals surface area contributed by atoms with E-state index in [1.807, 2.05) is 43.5 Å². The second-order valence-electron chi connectivity index (χ2n) is 9.95. The Morgan fingerprint density at radius 1 is 1.03 bits per heavy atom. The topological polar surface area (TPSA) is 50.8 Å². The Labute approximate surface area is 202 Å². The number of ether oxygens (including phenoxy) is 2. The average Bonchev–Trinajstić information content (AvgIpc) is 2.88. The van der Waals surface area contributed by atoms with Crippen LogP contribution in [0.1, 0.15) is 35.2 Å². The van der Waals surface area contributed by atoms with Gasteiger partial charge in [0.15, 0.2) is 0 Å². The number of carbonyl (C=O) groups excluding carboxylic acids is 1. The Bertz CT molecular complexity index is 1180. The molecule has 2 aliphatic rings. The molecule has 0 radical (unpaired) electrons. The van der Waals surface area contributed by atoms with E-state index in [1.54, 1.807) is 7.11 Å². The minimum atomic E-state index is -0.0681. The van der Waals surface area contributed by atoms with Crippen molar-refractivity contribution < 1.29 is 14.3 Å². The van der Waals surface area contributed by atoms with Crippen molar-refractivity contribution >= 4 is 16.7 Å². The second-order valence-corrected chi connectivity index (χ2v) is 9.95. The zero-order valence-corrected chi connectivity index (χ0v) is 20.3. The highest BCUT2D eigenvalue weighted by atomic mass is 16.5. The molecule has 1 N–H and O–H groups in total. The lowest BCUT2D eigenvalue weighted by molar-refractivity contribution is -0.0629. The summed E-state index contributed by atoms with van der Waals surface area (Å²) in [6.07, 6.45) is 2.83. The summed E-state index contributed by atoms with van der Waals surface area (Å²) >= 11 is 0. The minimum absolute atomic E-state index is 0.0159. The first kappa shape index (κ1) is 22.9. The normalized spacial score (nSPS) is 27.2. The second kappa shape index (κ2) is 9.40. The van der Waals surface area contributed by atoms with Gasteiger partial charge in [0.1, 0.15) is 5.75 Å². The van der Waals surface area contributed by atoms with E-state index < -0.39 is 0 Å². The fourth-order valence-electron chi connectivity index (χ4n) is 6.25. The molecule has 1 saturated carbocycles. The summed E-state index contributed by atoms with van der Waals surface area (Å²) in [6.45, 7) is 2.01. The molecular formula is C29H34N2O3. The number of likely N-dealkylation sites (tertiary alicyclic amines) is 1. The van der Waals surface area contributed by atoms with Gasteiger partial charge in [-0.1, -0.05) is 42.5 Å². The molecule has 4 atom stereocenters. The van der Waals surface area contributed by atoms with Gasteiger partial charge >= 0.3 is 0 Å². The highest BCUT2D eigenvalue weighted by molar-refractivity contribution is 5.98. The van der Waals surface area contributed by atoms with Crippen molar-refractivity contribution in [2.45, 2.75) is 36.8 Å². The lowest BCUT2D eigenvalue weighted by Gasteiger charge is -2.55. The van der Waals surface area contributed by atoms with E-state index in [2.05, 4.69) is 47.6 Å². The highest BCUT2D eigenvalue weighted by Crippen LogP contribution is 2.50. The van der Waals surface area contributed by atoms with E-state index in [0.717, 1.165) is 48.9 Å². The molecule has 1 aliphatic heterocycles. The number of rotatable bonds is 5. The van der Waals surface area contributed by atoms with Crippen molar-refractivity contribution in [2.24, 2.45) is 5.92 Å². The van der Waals surface area contributed by atoms with Crippen LogP contribution in [0, 0.1) is 5.92 Å². The van der Waals surface area contributed by atoms with Gasteiger partial charge < -0.3 is 19.7 Å². The zero-order valence-electron chi connectivity index (χ0n) is 20.3. The molecular weight excluding hydrogens is 424 g/mol. The standard InChI is InChI=1S/C29H34N2O3/c1-31-14-13-29(23-9-6-10-25(16-23)33-2)18-24(17-27(34-3)26(29)19-31)30-28(32)22-12-11-20-7-4-5-8-21(20)15-22/h4-12,15-16,24,26-27H,13-14,17-19H2,1-3H3,(H,30,32)/t24-,26-,27?,29-/m0/s1. The van der Waals surface area contributed by atoms with Crippen LogP contribution in [0.5, 0.6) is 5.75 Å². The number of benzene rings is 3. The summed E-state index contributed by atoms with van der Waals surface area (Å²) in [5, 5.41) is 5.59. The number of nitrogens with zero attached hydrogens (tertiary/aromatic N) is 1. The van der Waals surface area contributed by atoms with Gasteiger partial charge in [0, 0.05) is 36.6 Å². The maximum Gasteiger partial charge on any atom is 0.251 e. The van der Waals surface area contributed by atoms with Crippen LogP contribution in [0.15, 0.2) is 66.7 Å². The maximum absolute atomic E-state index is 13.3. The van der Waals surface area contributed by atoms with Gasteiger partial charge in [-0.15, -0.1) is 0 Å². The van der Waals surface area contributed by atoms with Crippen LogP contribution in [-0.2, 0) is 10.2 Å². The van der Waals surface area contributed by atoms with Crippen molar-refractivity contribution in [2.75, 3.05) is 34.4 Å². The first-order chi connectivity index (χ1) is 16.5. The van der Waals surface area contributed by atoms with Crippen molar-refractivity contribution in [3.63, 3.8) is 0 Å². The van der Waals surface area contributed by atoms with Crippen molar-refractivity contribution in [1.82, 2.24) is 10.2 Å². The first-order valence-corrected chi connectivity index (χ1v) is 12.2. The van der Waals surface area contributed by atoms with E-state index in [4.69, 9.17) is 9.47 Å². The maximum atomic E-state index is 13.3. The summed E-state index contributed by atoms with van der Waals surface area (Å²) in [7, 11) is 5.72. The molecule has 5 heteroatoms. The van der Waals surface area contributed by atoms with Gasteiger partial charge in [0.25, 0.3) is 5.91 Å². The fourth-order valence-corrected chi connectivity index (χ4v) is 6.25. The molecule has 178 valence electrons.